The van der Waals surface area contributed by atoms with Crippen molar-refractivity contribution in [3.63, 3.8) is 0 Å². The molecule has 0 aliphatic carbocycles. The first-order valence-electron chi connectivity index (χ1n) is 17.9. The maximum Gasteiger partial charge on any atom is 0.103 e. The summed E-state index contributed by atoms with van der Waals surface area (Å²) in [6.45, 7) is 0. The van der Waals surface area contributed by atoms with Crippen LogP contribution in [0.5, 0.6) is 0 Å². The molecule has 8 aromatic rings. The third kappa shape index (κ3) is 5.36. The largest absolute Gasteiger partial charge is 0.354 e. The number of hydrogen-bond acceptors (Lipinski definition) is 4. The van der Waals surface area contributed by atoms with Gasteiger partial charge in [-0.05, 0) is 46.5 Å². The molecule has 4 N–H and O–H groups in total. The molecular weight excluding hydrogens is 689 g/mol. The first-order valence-corrected chi connectivity index (χ1v) is 17.9. The SMILES string of the molecule is N#Cc1c2[nH]c(c1C#N)/C(c1ccccc1)=c1/cc/c([nH]1)=C(\c1ccccc1)c1[nH]c(c(C#N)c1C#N)/C(c1ccccc1)=c1/cc/c([nH]1)=C/2c1ccccc1. The monoisotopic (exact) mass is 716 g/mol. The number of hydrogen-bond donors (Lipinski definition) is 4. The van der Waals surface area contributed by atoms with Crippen molar-refractivity contribution in [2.45, 2.75) is 0 Å². The van der Waals surface area contributed by atoms with Gasteiger partial charge in [-0.15, -0.1) is 0 Å². The fraction of sp³-hybridized carbons (Fsp3) is 0. The lowest BCUT2D eigenvalue weighted by Gasteiger charge is -2.10. The number of nitrogens with zero attached hydrogens (tertiary/aromatic N) is 4. The van der Waals surface area contributed by atoms with E-state index in [9.17, 15) is 21.0 Å². The van der Waals surface area contributed by atoms with Crippen molar-refractivity contribution in [3.8, 4) is 24.3 Å². The second kappa shape index (κ2) is 13.8. The van der Waals surface area contributed by atoms with E-state index in [0.717, 1.165) is 22.3 Å². The van der Waals surface area contributed by atoms with Gasteiger partial charge < -0.3 is 19.9 Å². The van der Waals surface area contributed by atoms with Crippen LogP contribution in [-0.2, 0) is 0 Å². The number of nitriles is 4. The lowest BCUT2D eigenvalue weighted by Crippen LogP contribution is -2.19. The van der Waals surface area contributed by atoms with Crippen LogP contribution in [0.3, 0.4) is 0 Å². The van der Waals surface area contributed by atoms with Crippen molar-refractivity contribution in [2.75, 3.05) is 0 Å². The summed E-state index contributed by atoms with van der Waals surface area (Å²) >= 11 is 0. The van der Waals surface area contributed by atoms with Crippen molar-refractivity contribution in [2.24, 2.45) is 0 Å². The van der Waals surface area contributed by atoms with Crippen LogP contribution >= 0.6 is 0 Å². The van der Waals surface area contributed by atoms with Gasteiger partial charge in [0.25, 0.3) is 0 Å². The van der Waals surface area contributed by atoms with Gasteiger partial charge in [0.05, 0.1) is 45.0 Å². The number of nitrogens with one attached hydrogen (secondary N) is 4. The molecule has 4 aromatic heterocycles. The third-order valence-electron chi connectivity index (χ3n) is 10.1. The molecule has 8 nitrogen and oxygen atoms in total. The van der Waals surface area contributed by atoms with Crippen LogP contribution in [0.2, 0.25) is 0 Å². The highest BCUT2D eigenvalue weighted by Crippen LogP contribution is 2.34. The van der Waals surface area contributed by atoms with Crippen LogP contribution in [0, 0.1) is 45.3 Å². The smallest absolute Gasteiger partial charge is 0.103 e. The van der Waals surface area contributed by atoms with E-state index in [1.54, 1.807) is 0 Å². The Balaban J connectivity index is 1.57. The summed E-state index contributed by atoms with van der Waals surface area (Å²) in [7, 11) is 0. The zero-order chi connectivity index (χ0) is 38.2. The molecule has 1 aliphatic heterocycles. The summed E-state index contributed by atoms with van der Waals surface area (Å²) < 4.78 is 0. The second-order valence-electron chi connectivity index (χ2n) is 13.2. The molecule has 0 unspecified atom stereocenters. The van der Waals surface area contributed by atoms with Crippen molar-refractivity contribution in [1.82, 2.24) is 19.9 Å². The molecule has 8 bridgehead atoms. The molecule has 260 valence electrons. The summed E-state index contributed by atoms with van der Waals surface area (Å²) in [4.78, 5) is 14.4. The van der Waals surface area contributed by atoms with Gasteiger partial charge in [-0.1, -0.05) is 121 Å². The Morgan fingerprint density at radius 1 is 0.268 bits per heavy atom. The Morgan fingerprint density at radius 3 is 0.679 bits per heavy atom. The van der Waals surface area contributed by atoms with Crippen LogP contribution in [0.4, 0.5) is 0 Å². The van der Waals surface area contributed by atoms with Crippen LogP contribution < -0.4 is 21.4 Å². The molecular formula is C48H28N8. The highest BCUT2D eigenvalue weighted by atomic mass is 14.8. The van der Waals surface area contributed by atoms with Gasteiger partial charge in [0.1, 0.15) is 24.3 Å². The summed E-state index contributed by atoms with van der Waals surface area (Å²) in [5.41, 5.74) is 8.76. The Bertz CT molecular complexity index is 2820. The third-order valence-corrected chi connectivity index (χ3v) is 10.1. The van der Waals surface area contributed by atoms with E-state index in [2.05, 4.69) is 44.2 Å². The quantitative estimate of drug-likeness (QED) is 0.182. The van der Waals surface area contributed by atoms with Crippen molar-refractivity contribution in [1.29, 1.82) is 21.0 Å². The Morgan fingerprint density at radius 2 is 0.482 bits per heavy atom. The zero-order valence-electron chi connectivity index (χ0n) is 29.6. The molecule has 0 spiro atoms. The molecule has 56 heavy (non-hydrogen) atoms. The van der Waals surface area contributed by atoms with Gasteiger partial charge in [0, 0.05) is 43.7 Å². The minimum absolute atomic E-state index is 0.213. The molecule has 0 saturated carbocycles. The maximum absolute atomic E-state index is 10.8. The molecule has 1 aliphatic rings. The number of H-pyrrole nitrogens is 4. The average molecular weight is 717 g/mol. The minimum atomic E-state index is 0.213. The maximum atomic E-state index is 10.8. The number of rotatable bonds is 4. The van der Waals surface area contributed by atoms with E-state index in [0.29, 0.717) is 66.5 Å². The van der Waals surface area contributed by atoms with E-state index in [-0.39, 0.29) is 22.3 Å². The van der Waals surface area contributed by atoms with Crippen LogP contribution in [0.15, 0.2) is 146 Å². The summed E-state index contributed by atoms with van der Waals surface area (Å²) in [5.74, 6) is 0. The zero-order valence-corrected chi connectivity index (χ0v) is 29.6. The molecule has 5 heterocycles. The lowest BCUT2D eigenvalue weighted by atomic mass is 9.96. The fourth-order valence-corrected chi connectivity index (χ4v) is 7.73. The van der Waals surface area contributed by atoms with Gasteiger partial charge >= 0.3 is 0 Å². The normalized spacial score (nSPS) is 15.9. The summed E-state index contributed by atoms with van der Waals surface area (Å²) in [6.07, 6.45) is 0. The lowest BCUT2D eigenvalue weighted by molar-refractivity contribution is 1.18. The van der Waals surface area contributed by atoms with E-state index < -0.39 is 0 Å². The van der Waals surface area contributed by atoms with Gasteiger partial charge in [-0.25, -0.2) is 0 Å². The molecule has 8 heteroatoms. The Hall–Kier alpha value is -8.56. The highest BCUT2D eigenvalue weighted by Gasteiger charge is 2.28. The molecule has 0 radical (unpaired) electrons. The number of aromatic amines is 4. The predicted octanol–water partition coefficient (Wildman–Crippen LogP) is 5.79. The number of benzene rings is 4. The second-order valence-corrected chi connectivity index (χ2v) is 13.2. The molecule has 0 atom stereocenters. The highest BCUT2D eigenvalue weighted by molar-refractivity contribution is 5.90. The van der Waals surface area contributed by atoms with E-state index in [4.69, 9.17) is 0 Å². The van der Waals surface area contributed by atoms with Gasteiger partial charge in [0.2, 0.25) is 0 Å². The molecule has 0 saturated heterocycles. The van der Waals surface area contributed by atoms with Gasteiger partial charge in [-0.3, -0.25) is 0 Å². The van der Waals surface area contributed by atoms with Crippen molar-refractivity contribution >= 4 is 22.3 Å². The van der Waals surface area contributed by atoms with Gasteiger partial charge in [0.15, 0.2) is 0 Å². The van der Waals surface area contributed by atoms with Crippen LogP contribution in [0.1, 0.15) is 67.3 Å². The molecule has 4 aromatic carbocycles. The Kier molecular flexibility index (Phi) is 8.19. The number of aromatic nitrogens is 4. The van der Waals surface area contributed by atoms with E-state index in [1.807, 2.05) is 146 Å². The molecule has 0 amide bonds. The summed E-state index contributed by atoms with van der Waals surface area (Å²) in [6, 6.07) is 56.1. The van der Waals surface area contributed by atoms with Crippen molar-refractivity contribution < 1.29 is 0 Å². The van der Waals surface area contributed by atoms with Crippen LogP contribution in [0.25, 0.3) is 22.3 Å². The van der Waals surface area contributed by atoms with E-state index >= 15 is 0 Å². The van der Waals surface area contributed by atoms with Crippen molar-refractivity contribution in [3.05, 3.63) is 234 Å². The predicted molar refractivity (Wildman–Crippen MR) is 213 cm³/mol. The first kappa shape index (κ1) is 33.3. The number of fused-ring (bicyclic) bond motifs is 8. The average Bonchev–Trinajstić information content (AvgIpc) is 4.06. The topological polar surface area (TPSA) is 158 Å². The van der Waals surface area contributed by atoms with Crippen LogP contribution in [-0.4, -0.2) is 19.9 Å². The fourth-order valence-electron chi connectivity index (χ4n) is 7.73. The standard InChI is InChI=1S/C48H28N8/c49-25-33-34(26-50)46-43(31-17-9-3-10-18-31)39-23-24-40(54-39)44(32-19-11-4-12-20-32)48-36(28-52)35(27-51)47(56-48)42(30-15-7-2-8-16-30)38-22-21-37(53-38)41(45(33)55-46)29-13-5-1-6-14-29/h1-24,53-56H/b41-37-,42-38-,43-39-,44-40-,45-41?,46-43?,47-42?,48-44?. The van der Waals surface area contributed by atoms with E-state index in [1.165, 1.54) is 0 Å². The minimum Gasteiger partial charge on any atom is -0.354 e. The summed E-state index contributed by atoms with van der Waals surface area (Å²) in [5, 5.41) is 46.0. The van der Waals surface area contributed by atoms with Gasteiger partial charge in [-0.2, -0.15) is 21.0 Å². The molecule has 9 rings (SSSR count). The molecule has 0 fully saturated rings. The first-order chi connectivity index (χ1) is 27.6. The Labute approximate surface area is 320 Å².